The highest BCUT2D eigenvalue weighted by Gasteiger charge is 2.34. The lowest BCUT2D eigenvalue weighted by Gasteiger charge is -2.32. The Morgan fingerprint density at radius 2 is 1.68 bits per heavy atom. The number of nitrogens with zero attached hydrogens (tertiary/aromatic N) is 2. The predicted octanol–water partition coefficient (Wildman–Crippen LogP) is 4.41. The molecule has 0 spiro atoms. The first-order chi connectivity index (χ1) is 18.1. The third kappa shape index (κ3) is 6.65. The molecule has 3 aromatic rings. The molecule has 8 nitrogen and oxygen atoms in total. The van der Waals surface area contributed by atoms with Gasteiger partial charge in [0.2, 0.25) is 11.8 Å². The van der Waals surface area contributed by atoms with Crippen molar-refractivity contribution < 1.29 is 22.7 Å². The first-order valence-corrected chi connectivity index (χ1v) is 13.9. The molecule has 0 aliphatic carbocycles. The molecule has 0 fully saturated rings. The van der Waals surface area contributed by atoms with Crippen molar-refractivity contribution in [2.24, 2.45) is 0 Å². The maximum absolute atomic E-state index is 13.9. The van der Waals surface area contributed by atoms with Crippen LogP contribution in [0.2, 0.25) is 5.02 Å². The van der Waals surface area contributed by atoms with Gasteiger partial charge in [0.25, 0.3) is 10.0 Å². The number of carbonyl (C=O) groups is 2. The van der Waals surface area contributed by atoms with Crippen molar-refractivity contribution in [1.29, 1.82) is 0 Å². The fourth-order valence-electron chi connectivity index (χ4n) is 3.97. The Morgan fingerprint density at radius 1 is 1.03 bits per heavy atom. The number of sulfonamides is 1. The summed E-state index contributed by atoms with van der Waals surface area (Å²) in [5.41, 5.74) is 1.90. The minimum Gasteiger partial charge on any atom is -0.495 e. The summed E-state index contributed by atoms with van der Waals surface area (Å²) >= 11 is 6.24. The first kappa shape index (κ1) is 29.0. The van der Waals surface area contributed by atoms with Crippen LogP contribution in [0.1, 0.15) is 25.0 Å². The molecule has 0 saturated carbocycles. The smallest absolute Gasteiger partial charge is 0.264 e. The lowest BCUT2D eigenvalue weighted by atomic mass is 10.1. The quantitative estimate of drug-likeness (QED) is 0.377. The van der Waals surface area contributed by atoms with Crippen LogP contribution in [0.3, 0.4) is 0 Å². The van der Waals surface area contributed by atoms with Gasteiger partial charge >= 0.3 is 0 Å². The molecule has 3 rings (SSSR count). The number of benzene rings is 3. The number of methoxy groups -OCH3 is 1. The molecule has 1 atom stereocenters. The number of likely N-dealkylation sites (N-methyl/N-ethyl adjacent to an activating group) is 1. The highest BCUT2D eigenvalue weighted by molar-refractivity contribution is 7.92. The molecule has 1 unspecified atom stereocenters. The largest absolute Gasteiger partial charge is 0.495 e. The number of amides is 2. The third-order valence-electron chi connectivity index (χ3n) is 6.14. The number of rotatable bonds is 11. The van der Waals surface area contributed by atoms with Crippen LogP contribution in [-0.4, -0.2) is 51.4 Å². The SMILES string of the molecule is CCNC(=O)C(C)N(Cc1ccccc1C)C(=O)CN(c1cc(Cl)ccc1OC)S(=O)(=O)c1ccccc1. The summed E-state index contributed by atoms with van der Waals surface area (Å²) in [6.07, 6.45) is 0. The van der Waals surface area contributed by atoms with E-state index in [1.807, 2.05) is 31.2 Å². The molecule has 1 N–H and O–H groups in total. The van der Waals surface area contributed by atoms with E-state index in [2.05, 4.69) is 5.32 Å². The van der Waals surface area contributed by atoms with Crippen LogP contribution in [0.4, 0.5) is 5.69 Å². The number of hydrogen-bond acceptors (Lipinski definition) is 5. The second-order valence-electron chi connectivity index (χ2n) is 8.66. The second kappa shape index (κ2) is 12.8. The lowest BCUT2D eigenvalue weighted by Crippen LogP contribution is -2.51. The van der Waals surface area contributed by atoms with E-state index in [9.17, 15) is 18.0 Å². The van der Waals surface area contributed by atoms with Gasteiger partial charge in [-0.2, -0.15) is 0 Å². The van der Waals surface area contributed by atoms with E-state index < -0.39 is 28.5 Å². The number of anilines is 1. The minimum atomic E-state index is -4.22. The number of ether oxygens (including phenoxy) is 1. The van der Waals surface area contributed by atoms with E-state index in [0.717, 1.165) is 15.4 Å². The fraction of sp³-hybridized carbons (Fsp3) is 0.286. The third-order valence-corrected chi connectivity index (χ3v) is 8.15. The van der Waals surface area contributed by atoms with Crippen molar-refractivity contribution in [1.82, 2.24) is 10.2 Å². The maximum atomic E-state index is 13.9. The molecule has 10 heteroatoms. The zero-order valence-electron chi connectivity index (χ0n) is 21.8. The van der Waals surface area contributed by atoms with Crippen molar-refractivity contribution in [2.45, 2.75) is 38.3 Å². The molecular formula is C28H32ClN3O5S. The predicted molar refractivity (Wildman–Crippen MR) is 149 cm³/mol. The zero-order valence-corrected chi connectivity index (χ0v) is 23.4. The minimum absolute atomic E-state index is 0.00273. The van der Waals surface area contributed by atoms with Gasteiger partial charge in [-0.15, -0.1) is 0 Å². The van der Waals surface area contributed by atoms with Crippen LogP contribution in [0.5, 0.6) is 5.75 Å². The fourth-order valence-corrected chi connectivity index (χ4v) is 5.57. The van der Waals surface area contributed by atoms with Crippen LogP contribution in [0, 0.1) is 6.92 Å². The van der Waals surface area contributed by atoms with Gasteiger partial charge < -0.3 is 15.0 Å². The molecule has 0 bridgehead atoms. The average molecular weight is 558 g/mol. The molecule has 0 aliphatic heterocycles. The van der Waals surface area contributed by atoms with E-state index in [-0.39, 0.29) is 33.8 Å². The van der Waals surface area contributed by atoms with Gasteiger partial charge in [-0.3, -0.25) is 13.9 Å². The summed E-state index contributed by atoms with van der Waals surface area (Å²) in [5.74, 6) is -0.676. The topological polar surface area (TPSA) is 96.0 Å². The van der Waals surface area contributed by atoms with Gasteiger partial charge in [-0.25, -0.2) is 8.42 Å². The standard InChI is InChI=1S/C28H32ClN3O5S/c1-5-30-28(34)21(3)31(18-22-12-10-9-11-20(22)2)27(33)19-32(25-17-23(29)15-16-26(25)37-4)38(35,36)24-13-7-6-8-14-24/h6-17,21H,5,18-19H2,1-4H3,(H,30,34). The van der Waals surface area contributed by atoms with Gasteiger partial charge in [0, 0.05) is 18.1 Å². The number of carbonyl (C=O) groups excluding carboxylic acids is 2. The van der Waals surface area contributed by atoms with E-state index in [1.54, 1.807) is 38.1 Å². The molecule has 0 saturated heterocycles. The van der Waals surface area contributed by atoms with Crippen molar-refractivity contribution in [3.8, 4) is 5.75 Å². The zero-order chi connectivity index (χ0) is 27.9. The van der Waals surface area contributed by atoms with Crippen LogP contribution in [-0.2, 0) is 26.2 Å². The average Bonchev–Trinajstić information content (AvgIpc) is 2.91. The van der Waals surface area contributed by atoms with Gasteiger partial charge in [-0.05, 0) is 62.2 Å². The molecule has 38 heavy (non-hydrogen) atoms. The summed E-state index contributed by atoms with van der Waals surface area (Å²) in [6, 6.07) is 19.0. The molecular weight excluding hydrogens is 526 g/mol. The summed E-state index contributed by atoms with van der Waals surface area (Å²) in [6.45, 7) is 5.26. The van der Waals surface area contributed by atoms with Crippen LogP contribution in [0.25, 0.3) is 0 Å². The molecule has 2 amide bonds. The van der Waals surface area contributed by atoms with Crippen LogP contribution < -0.4 is 14.4 Å². The van der Waals surface area contributed by atoms with Crippen molar-refractivity contribution in [2.75, 3.05) is 24.5 Å². The monoisotopic (exact) mass is 557 g/mol. The van der Waals surface area contributed by atoms with Crippen LogP contribution >= 0.6 is 11.6 Å². The highest BCUT2D eigenvalue weighted by Crippen LogP contribution is 2.35. The number of halogens is 1. The Hall–Kier alpha value is -3.56. The molecule has 0 heterocycles. The van der Waals surface area contributed by atoms with Crippen LogP contribution in [0.15, 0.2) is 77.7 Å². The summed E-state index contributed by atoms with van der Waals surface area (Å²) < 4.78 is 34.1. The number of hydrogen-bond donors (Lipinski definition) is 1. The van der Waals surface area contributed by atoms with E-state index in [4.69, 9.17) is 16.3 Å². The van der Waals surface area contributed by atoms with Crippen molar-refractivity contribution >= 4 is 39.1 Å². The van der Waals surface area contributed by atoms with Gasteiger partial charge in [0.15, 0.2) is 0 Å². The molecule has 3 aromatic carbocycles. The lowest BCUT2D eigenvalue weighted by molar-refractivity contribution is -0.139. The second-order valence-corrected chi connectivity index (χ2v) is 11.0. The van der Waals surface area contributed by atoms with Gasteiger partial charge in [0.05, 0.1) is 17.7 Å². The maximum Gasteiger partial charge on any atom is 0.264 e. The summed E-state index contributed by atoms with van der Waals surface area (Å²) in [4.78, 5) is 28.1. The number of nitrogens with one attached hydrogen (secondary N) is 1. The van der Waals surface area contributed by atoms with Gasteiger partial charge in [0.1, 0.15) is 18.3 Å². The normalized spacial score (nSPS) is 11.9. The highest BCUT2D eigenvalue weighted by atomic mass is 35.5. The first-order valence-electron chi connectivity index (χ1n) is 12.1. The van der Waals surface area contributed by atoms with Crippen molar-refractivity contribution in [3.05, 3.63) is 88.9 Å². The van der Waals surface area contributed by atoms with E-state index in [1.165, 1.54) is 36.3 Å². The molecule has 0 aliphatic rings. The Balaban J connectivity index is 2.10. The Bertz CT molecular complexity index is 1380. The van der Waals surface area contributed by atoms with Crippen molar-refractivity contribution in [3.63, 3.8) is 0 Å². The number of aryl methyl sites for hydroxylation is 1. The van der Waals surface area contributed by atoms with E-state index in [0.29, 0.717) is 6.54 Å². The summed E-state index contributed by atoms with van der Waals surface area (Å²) in [7, 11) is -2.82. The van der Waals surface area contributed by atoms with E-state index >= 15 is 0 Å². The Morgan fingerprint density at radius 3 is 2.32 bits per heavy atom. The van der Waals surface area contributed by atoms with Gasteiger partial charge in [-0.1, -0.05) is 54.1 Å². The Kier molecular flexibility index (Phi) is 9.77. The summed E-state index contributed by atoms with van der Waals surface area (Å²) in [5, 5.41) is 3.02. The Labute approximate surface area is 229 Å². The molecule has 0 radical (unpaired) electrons. The molecule has 0 aromatic heterocycles. The molecule has 202 valence electrons.